The van der Waals surface area contributed by atoms with Crippen molar-refractivity contribution in [1.29, 1.82) is 0 Å². The molecular formula is C13H20N2O2S. The van der Waals surface area contributed by atoms with Crippen molar-refractivity contribution in [1.82, 2.24) is 10.3 Å². The molecule has 1 aliphatic rings. The number of rotatable bonds is 2. The minimum atomic E-state index is -0.428. The van der Waals surface area contributed by atoms with Gasteiger partial charge in [0.25, 0.3) is 0 Å². The van der Waals surface area contributed by atoms with Gasteiger partial charge in [-0.3, -0.25) is 4.79 Å². The van der Waals surface area contributed by atoms with Gasteiger partial charge >= 0.3 is 5.97 Å². The Hall–Kier alpha value is -0.940. The zero-order chi connectivity index (χ0) is 13.3. The first-order valence-corrected chi connectivity index (χ1v) is 7.10. The standard InChI is InChI=1S/C13H20N2O2S/c1-8-15-11(7-18-8)9-5-14-6-10(9)12(16)17-13(2,3)4/h7,9-10,14H,5-6H2,1-4H3. The van der Waals surface area contributed by atoms with Gasteiger partial charge in [0.2, 0.25) is 0 Å². The van der Waals surface area contributed by atoms with E-state index in [0.29, 0.717) is 6.54 Å². The van der Waals surface area contributed by atoms with Gasteiger partial charge in [0, 0.05) is 24.4 Å². The molecule has 1 aromatic heterocycles. The number of nitrogens with zero attached hydrogens (tertiary/aromatic N) is 1. The van der Waals surface area contributed by atoms with E-state index in [2.05, 4.69) is 10.3 Å². The maximum absolute atomic E-state index is 12.2. The second-order valence-corrected chi connectivity index (χ2v) is 6.76. The van der Waals surface area contributed by atoms with Gasteiger partial charge in [-0.1, -0.05) is 0 Å². The van der Waals surface area contributed by atoms with Crippen molar-refractivity contribution in [2.24, 2.45) is 5.92 Å². The molecule has 0 aromatic carbocycles. The molecule has 1 aliphatic heterocycles. The number of hydrogen-bond donors (Lipinski definition) is 1. The average Bonchev–Trinajstić information content (AvgIpc) is 2.81. The highest BCUT2D eigenvalue weighted by atomic mass is 32.1. The molecule has 2 rings (SSSR count). The van der Waals surface area contributed by atoms with E-state index < -0.39 is 5.60 Å². The van der Waals surface area contributed by atoms with Crippen LogP contribution in [0.3, 0.4) is 0 Å². The van der Waals surface area contributed by atoms with Gasteiger partial charge in [0.05, 0.1) is 16.6 Å². The number of hydrogen-bond acceptors (Lipinski definition) is 5. The van der Waals surface area contributed by atoms with Crippen LogP contribution >= 0.6 is 11.3 Å². The summed E-state index contributed by atoms with van der Waals surface area (Å²) in [5, 5.41) is 6.35. The number of nitrogens with one attached hydrogen (secondary N) is 1. The fraction of sp³-hybridized carbons (Fsp3) is 0.692. The zero-order valence-corrected chi connectivity index (χ0v) is 12.1. The smallest absolute Gasteiger partial charge is 0.311 e. The Morgan fingerprint density at radius 1 is 1.50 bits per heavy atom. The summed E-state index contributed by atoms with van der Waals surface area (Å²) >= 11 is 1.63. The second-order valence-electron chi connectivity index (χ2n) is 5.70. The van der Waals surface area contributed by atoms with Gasteiger partial charge in [0.1, 0.15) is 5.60 Å². The lowest BCUT2D eigenvalue weighted by molar-refractivity contribution is -0.159. The van der Waals surface area contributed by atoms with Crippen LogP contribution in [0.2, 0.25) is 0 Å². The lowest BCUT2D eigenvalue weighted by atomic mass is 9.93. The molecule has 0 radical (unpaired) electrons. The molecule has 0 amide bonds. The summed E-state index contributed by atoms with van der Waals surface area (Å²) in [7, 11) is 0. The molecule has 2 unspecified atom stereocenters. The topological polar surface area (TPSA) is 51.2 Å². The van der Waals surface area contributed by atoms with Gasteiger partial charge in [-0.25, -0.2) is 4.98 Å². The lowest BCUT2D eigenvalue weighted by Gasteiger charge is -2.23. The third-order valence-electron chi connectivity index (χ3n) is 2.94. The van der Waals surface area contributed by atoms with Crippen LogP contribution in [0.5, 0.6) is 0 Å². The molecule has 1 N–H and O–H groups in total. The molecule has 0 saturated carbocycles. The predicted octanol–water partition coefficient (Wildman–Crippen LogP) is 2.10. The summed E-state index contributed by atoms with van der Waals surface area (Å²) in [4.78, 5) is 16.7. The molecule has 0 aliphatic carbocycles. The molecule has 100 valence electrons. The van der Waals surface area contributed by atoms with Crippen molar-refractivity contribution in [3.8, 4) is 0 Å². The summed E-state index contributed by atoms with van der Waals surface area (Å²) in [6, 6.07) is 0. The number of thiazole rings is 1. The van der Waals surface area contributed by atoms with Crippen molar-refractivity contribution < 1.29 is 9.53 Å². The van der Waals surface area contributed by atoms with Gasteiger partial charge in [0.15, 0.2) is 0 Å². The van der Waals surface area contributed by atoms with Crippen molar-refractivity contribution >= 4 is 17.3 Å². The Kier molecular flexibility index (Phi) is 3.73. The molecule has 0 spiro atoms. The van der Waals surface area contributed by atoms with Crippen molar-refractivity contribution in [3.05, 3.63) is 16.1 Å². The van der Waals surface area contributed by atoms with E-state index in [1.165, 1.54) is 0 Å². The van der Waals surface area contributed by atoms with Crippen molar-refractivity contribution in [3.63, 3.8) is 0 Å². The van der Waals surface area contributed by atoms with Crippen molar-refractivity contribution in [2.45, 2.75) is 39.2 Å². The van der Waals surface area contributed by atoms with E-state index in [0.717, 1.165) is 17.2 Å². The van der Waals surface area contributed by atoms with Crippen LogP contribution in [0.1, 0.15) is 37.4 Å². The number of ether oxygens (including phenoxy) is 1. The van der Waals surface area contributed by atoms with E-state index in [1.54, 1.807) is 11.3 Å². The van der Waals surface area contributed by atoms with E-state index in [4.69, 9.17) is 4.74 Å². The summed E-state index contributed by atoms with van der Waals surface area (Å²) < 4.78 is 5.48. The highest BCUT2D eigenvalue weighted by molar-refractivity contribution is 7.09. The first kappa shape index (κ1) is 13.5. The normalized spacial score (nSPS) is 24.2. The van der Waals surface area contributed by atoms with E-state index >= 15 is 0 Å². The predicted molar refractivity (Wildman–Crippen MR) is 71.8 cm³/mol. The number of aryl methyl sites for hydroxylation is 1. The van der Waals surface area contributed by atoms with Crippen molar-refractivity contribution in [2.75, 3.05) is 13.1 Å². The molecule has 1 fully saturated rings. The number of carbonyl (C=O) groups is 1. The monoisotopic (exact) mass is 268 g/mol. The Labute approximate surface area is 112 Å². The summed E-state index contributed by atoms with van der Waals surface area (Å²) in [6.45, 7) is 9.15. The third-order valence-corrected chi connectivity index (χ3v) is 3.73. The van der Waals surface area contributed by atoms with Crippen LogP contribution in [0.15, 0.2) is 5.38 Å². The highest BCUT2D eigenvalue weighted by Crippen LogP contribution is 2.30. The maximum atomic E-state index is 12.2. The van der Waals surface area contributed by atoms with Gasteiger partial charge in [-0.05, 0) is 27.7 Å². The second kappa shape index (κ2) is 4.97. The summed E-state index contributed by atoms with van der Waals surface area (Å²) in [5.74, 6) is -0.0984. The quantitative estimate of drug-likeness (QED) is 0.835. The molecule has 18 heavy (non-hydrogen) atoms. The van der Waals surface area contributed by atoms with Gasteiger partial charge in [-0.15, -0.1) is 11.3 Å². The lowest BCUT2D eigenvalue weighted by Crippen LogP contribution is -2.31. The molecule has 2 atom stereocenters. The molecule has 1 saturated heterocycles. The zero-order valence-electron chi connectivity index (χ0n) is 11.3. The van der Waals surface area contributed by atoms with E-state index in [-0.39, 0.29) is 17.8 Å². The molecule has 1 aromatic rings. The van der Waals surface area contributed by atoms with E-state index in [9.17, 15) is 4.79 Å². The fourth-order valence-corrected chi connectivity index (χ4v) is 2.84. The Morgan fingerprint density at radius 3 is 2.78 bits per heavy atom. The van der Waals surface area contributed by atoms with Crippen LogP contribution in [0, 0.1) is 12.8 Å². The molecule has 5 heteroatoms. The highest BCUT2D eigenvalue weighted by Gasteiger charge is 2.37. The maximum Gasteiger partial charge on any atom is 0.311 e. The average molecular weight is 268 g/mol. The van der Waals surface area contributed by atoms with Crippen LogP contribution in [-0.4, -0.2) is 29.6 Å². The minimum absolute atomic E-state index is 0.120. The van der Waals surface area contributed by atoms with Crippen LogP contribution in [-0.2, 0) is 9.53 Å². The number of esters is 1. The SMILES string of the molecule is Cc1nc(C2CNCC2C(=O)OC(C)(C)C)cs1. The first-order valence-electron chi connectivity index (χ1n) is 6.22. The molecule has 4 nitrogen and oxygen atoms in total. The first-order chi connectivity index (χ1) is 8.37. The Bertz CT molecular complexity index is 436. The van der Waals surface area contributed by atoms with Gasteiger partial charge < -0.3 is 10.1 Å². The molecule has 0 bridgehead atoms. The minimum Gasteiger partial charge on any atom is -0.460 e. The largest absolute Gasteiger partial charge is 0.460 e. The van der Waals surface area contributed by atoms with E-state index in [1.807, 2.05) is 33.1 Å². The number of carbonyl (C=O) groups excluding carboxylic acids is 1. The Morgan fingerprint density at radius 2 is 2.22 bits per heavy atom. The summed E-state index contributed by atoms with van der Waals surface area (Å²) in [5.41, 5.74) is 0.584. The number of aromatic nitrogens is 1. The van der Waals surface area contributed by atoms with Crippen LogP contribution < -0.4 is 5.32 Å². The molecular weight excluding hydrogens is 248 g/mol. The summed E-state index contributed by atoms with van der Waals surface area (Å²) in [6.07, 6.45) is 0. The van der Waals surface area contributed by atoms with Crippen LogP contribution in [0.25, 0.3) is 0 Å². The van der Waals surface area contributed by atoms with Gasteiger partial charge in [-0.2, -0.15) is 0 Å². The molecule has 2 heterocycles. The Balaban J connectivity index is 2.10. The van der Waals surface area contributed by atoms with Crippen LogP contribution in [0.4, 0.5) is 0 Å². The third kappa shape index (κ3) is 3.09. The fourth-order valence-electron chi connectivity index (χ4n) is 2.17.